The first kappa shape index (κ1) is 22.7. The molecule has 0 aliphatic rings. The first-order valence-electron chi connectivity index (χ1n) is 10.9. The molecule has 0 fully saturated rings. The van der Waals surface area contributed by atoms with Gasteiger partial charge in [0.25, 0.3) is 5.91 Å². The Morgan fingerprint density at radius 2 is 1.73 bits per heavy atom. The summed E-state index contributed by atoms with van der Waals surface area (Å²) < 4.78 is 13.5. The van der Waals surface area contributed by atoms with Gasteiger partial charge in [0.05, 0.1) is 24.8 Å². The van der Waals surface area contributed by atoms with E-state index in [-0.39, 0.29) is 5.91 Å². The van der Waals surface area contributed by atoms with Crippen LogP contribution in [0.15, 0.2) is 72.8 Å². The zero-order valence-electron chi connectivity index (χ0n) is 18.5. The molecule has 0 unspecified atom stereocenters. The van der Waals surface area contributed by atoms with E-state index in [4.69, 9.17) is 26.1 Å². The number of rotatable bonds is 10. The van der Waals surface area contributed by atoms with E-state index >= 15 is 0 Å². The zero-order valence-corrected chi connectivity index (χ0v) is 19.2. The first-order valence-corrected chi connectivity index (χ1v) is 11.3. The molecular formula is C26H26ClN3O3. The van der Waals surface area contributed by atoms with Crippen molar-refractivity contribution in [3.05, 3.63) is 89.2 Å². The minimum Gasteiger partial charge on any atom is -0.493 e. The average Bonchev–Trinajstić information content (AvgIpc) is 3.19. The third-order valence-electron chi connectivity index (χ3n) is 5.33. The predicted molar refractivity (Wildman–Crippen MR) is 130 cm³/mol. The summed E-state index contributed by atoms with van der Waals surface area (Å²) >= 11 is 5.90. The molecule has 1 amide bonds. The van der Waals surface area contributed by atoms with Crippen molar-refractivity contribution in [3.63, 3.8) is 0 Å². The molecule has 0 spiro atoms. The number of benzene rings is 3. The molecule has 170 valence electrons. The first-order chi connectivity index (χ1) is 16.2. The lowest BCUT2D eigenvalue weighted by atomic mass is 10.2. The molecule has 6 nitrogen and oxygen atoms in total. The number of carbonyl (C=O) groups excluding carboxylic acids is 1. The number of aryl methyl sites for hydroxylation is 1. The molecule has 0 aliphatic carbocycles. The Hall–Kier alpha value is -3.51. The summed E-state index contributed by atoms with van der Waals surface area (Å²) in [6.07, 6.45) is 1.43. The third-order valence-corrected chi connectivity index (χ3v) is 5.58. The standard InChI is InChI=1S/C26H26ClN3O3/c1-32-23-9-4-5-10-24(23)33-18-6-17-30-22-8-3-2-7-21(22)29-25(30)15-16-28-26(31)19-11-13-20(27)14-12-19/h2-5,7-14H,6,15-18H2,1H3,(H,28,31). The van der Waals surface area contributed by atoms with Gasteiger partial charge in [0, 0.05) is 30.1 Å². The summed E-state index contributed by atoms with van der Waals surface area (Å²) in [6.45, 7) is 1.80. The van der Waals surface area contributed by atoms with Crippen molar-refractivity contribution in [2.24, 2.45) is 0 Å². The quantitative estimate of drug-likeness (QED) is 0.331. The summed E-state index contributed by atoms with van der Waals surface area (Å²) in [6, 6.07) is 22.6. The van der Waals surface area contributed by atoms with E-state index in [1.54, 1.807) is 31.4 Å². The van der Waals surface area contributed by atoms with E-state index in [1.807, 2.05) is 42.5 Å². The van der Waals surface area contributed by atoms with E-state index < -0.39 is 0 Å². The maximum atomic E-state index is 12.4. The van der Waals surface area contributed by atoms with Gasteiger partial charge in [-0.25, -0.2) is 4.98 Å². The van der Waals surface area contributed by atoms with E-state index in [0.29, 0.717) is 30.2 Å². The zero-order chi connectivity index (χ0) is 23.0. The van der Waals surface area contributed by atoms with Crippen molar-refractivity contribution in [3.8, 4) is 11.5 Å². The predicted octanol–water partition coefficient (Wildman–Crippen LogP) is 5.14. The Bertz CT molecular complexity index is 1220. The fraction of sp³-hybridized carbons (Fsp3) is 0.231. The van der Waals surface area contributed by atoms with Crippen molar-refractivity contribution in [2.75, 3.05) is 20.3 Å². The molecule has 1 N–H and O–H groups in total. The Morgan fingerprint density at radius 1 is 1.00 bits per heavy atom. The van der Waals surface area contributed by atoms with Crippen molar-refractivity contribution in [1.29, 1.82) is 0 Å². The van der Waals surface area contributed by atoms with Crippen LogP contribution in [0.1, 0.15) is 22.6 Å². The highest BCUT2D eigenvalue weighted by Gasteiger charge is 2.12. The number of aromatic nitrogens is 2. The smallest absolute Gasteiger partial charge is 0.251 e. The van der Waals surface area contributed by atoms with Crippen LogP contribution in [0.4, 0.5) is 0 Å². The number of para-hydroxylation sites is 4. The summed E-state index contributed by atoms with van der Waals surface area (Å²) in [4.78, 5) is 17.2. The SMILES string of the molecule is COc1ccccc1OCCCn1c(CCNC(=O)c2ccc(Cl)cc2)nc2ccccc21. The molecule has 4 aromatic rings. The maximum Gasteiger partial charge on any atom is 0.251 e. The molecular weight excluding hydrogens is 438 g/mol. The van der Waals surface area contributed by atoms with E-state index in [2.05, 4.69) is 16.0 Å². The van der Waals surface area contributed by atoms with Gasteiger partial charge in [0.1, 0.15) is 5.82 Å². The molecule has 1 heterocycles. The third kappa shape index (κ3) is 5.65. The number of halogens is 1. The second kappa shape index (κ2) is 10.9. The highest BCUT2D eigenvalue weighted by atomic mass is 35.5. The van der Waals surface area contributed by atoms with Crippen molar-refractivity contribution in [1.82, 2.24) is 14.9 Å². The minimum absolute atomic E-state index is 0.125. The number of nitrogens with one attached hydrogen (secondary N) is 1. The van der Waals surface area contributed by atoms with Crippen molar-refractivity contribution >= 4 is 28.5 Å². The Morgan fingerprint density at radius 3 is 2.52 bits per heavy atom. The number of imidazole rings is 1. The number of hydrogen-bond donors (Lipinski definition) is 1. The lowest BCUT2D eigenvalue weighted by Gasteiger charge is -2.12. The number of nitrogens with zero attached hydrogens (tertiary/aromatic N) is 2. The monoisotopic (exact) mass is 463 g/mol. The van der Waals surface area contributed by atoms with Gasteiger partial charge in [0.2, 0.25) is 0 Å². The molecule has 0 bridgehead atoms. The molecule has 7 heteroatoms. The molecule has 0 saturated heterocycles. The lowest BCUT2D eigenvalue weighted by Crippen LogP contribution is -2.26. The number of amides is 1. The van der Waals surface area contributed by atoms with Gasteiger partial charge in [-0.15, -0.1) is 0 Å². The fourth-order valence-corrected chi connectivity index (χ4v) is 3.83. The highest BCUT2D eigenvalue weighted by molar-refractivity contribution is 6.30. The number of hydrogen-bond acceptors (Lipinski definition) is 4. The van der Waals surface area contributed by atoms with Gasteiger partial charge < -0.3 is 19.4 Å². The summed E-state index contributed by atoms with van der Waals surface area (Å²) in [5.74, 6) is 2.27. The van der Waals surface area contributed by atoms with Gasteiger partial charge in [-0.05, 0) is 55.0 Å². The number of carbonyl (C=O) groups is 1. The van der Waals surface area contributed by atoms with E-state index in [9.17, 15) is 4.79 Å². The molecule has 0 saturated carbocycles. The summed E-state index contributed by atoms with van der Waals surface area (Å²) in [5, 5.41) is 3.57. The Labute approximate surface area is 198 Å². The molecule has 0 radical (unpaired) electrons. The Kier molecular flexibility index (Phi) is 7.47. The van der Waals surface area contributed by atoms with E-state index in [0.717, 1.165) is 41.3 Å². The molecule has 0 aliphatic heterocycles. The summed E-state index contributed by atoms with van der Waals surface area (Å²) in [7, 11) is 1.64. The number of methoxy groups -OCH3 is 1. The van der Waals surface area contributed by atoms with Crippen LogP contribution in [0.3, 0.4) is 0 Å². The van der Waals surface area contributed by atoms with Gasteiger partial charge in [-0.2, -0.15) is 0 Å². The number of fused-ring (bicyclic) bond motifs is 1. The van der Waals surface area contributed by atoms with Crippen LogP contribution in [-0.4, -0.2) is 35.7 Å². The van der Waals surface area contributed by atoms with Crippen LogP contribution in [0.25, 0.3) is 11.0 Å². The molecule has 33 heavy (non-hydrogen) atoms. The summed E-state index contributed by atoms with van der Waals surface area (Å²) in [5.41, 5.74) is 2.61. The molecule has 0 atom stereocenters. The van der Waals surface area contributed by atoms with E-state index in [1.165, 1.54) is 0 Å². The maximum absolute atomic E-state index is 12.4. The van der Waals surface area contributed by atoms with Crippen molar-refractivity contribution < 1.29 is 14.3 Å². The normalized spacial score (nSPS) is 10.8. The van der Waals surface area contributed by atoms with Crippen LogP contribution >= 0.6 is 11.6 Å². The van der Waals surface area contributed by atoms with Crippen LogP contribution < -0.4 is 14.8 Å². The van der Waals surface area contributed by atoms with Crippen LogP contribution in [0, 0.1) is 0 Å². The fourth-order valence-electron chi connectivity index (χ4n) is 3.70. The second-order valence-corrected chi connectivity index (χ2v) is 7.97. The minimum atomic E-state index is -0.125. The van der Waals surface area contributed by atoms with Gasteiger partial charge in [-0.1, -0.05) is 35.9 Å². The van der Waals surface area contributed by atoms with Crippen LogP contribution in [0.5, 0.6) is 11.5 Å². The van der Waals surface area contributed by atoms with Gasteiger partial charge in [0.15, 0.2) is 11.5 Å². The number of ether oxygens (including phenoxy) is 2. The van der Waals surface area contributed by atoms with Crippen molar-refractivity contribution in [2.45, 2.75) is 19.4 Å². The van der Waals surface area contributed by atoms with Crippen LogP contribution in [0.2, 0.25) is 5.02 Å². The molecule has 1 aromatic heterocycles. The topological polar surface area (TPSA) is 65.4 Å². The van der Waals surface area contributed by atoms with Gasteiger partial charge >= 0.3 is 0 Å². The second-order valence-electron chi connectivity index (χ2n) is 7.53. The highest BCUT2D eigenvalue weighted by Crippen LogP contribution is 2.26. The Balaban J connectivity index is 1.38. The van der Waals surface area contributed by atoms with Crippen LogP contribution in [-0.2, 0) is 13.0 Å². The lowest BCUT2D eigenvalue weighted by molar-refractivity contribution is 0.0954. The largest absolute Gasteiger partial charge is 0.493 e. The molecule has 3 aromatic carbocycles. The van der Waals surface area contributed by atoms with Gasteiger partial charge in [-0.3, -0.25) is 4.79 Å². The molecule has 4 rings (SSSR count). The average molecular weight is 464 g/mol.